The summed E-state index contributed by atoms with van der Waals surface area (Å²) < 4.78 is 32.8. The third-order valence-electron chi connectivity index (χ3n) is 2.12. The van der Waals surface area contributed by atoms with Crippen LogP contribution in [0.25, 0.3) is 5.70 Å². The van der Waals surface area contributed by atoms with Gasteiger partial charge in [0.2, 0.25) is 0 Å². The van der Waals surface area contributed by atoms with Crippen LogP contribution in [0.1, 0.15) is 19.8 Å². The number of rotatable bonds is 5. The summed E-state index contributed by atoms with van der Waals surface area (Å²) in [6.45, 7) is 5.51. The second kappa shape index (κ2) is 4.59. The molecule has 5 nitrogen and oxygen atoms in total. The molecule has 0 aliphatic heterocycles. The second-order valence-corrected chi connectivity index (χ2v) is 4.85. The lowest BCUT2D eigenvalue weighted by atomic mass is 10.2. The zero-order valence-electron chi connectivity index (χ0n) is 8.50. The molecular weight excluding hydrogens is 216 g/mol. The van der Waals surface area contributed by atoms with Crippen molar-refractivity contribution in [2.45, 2.75) is 25.0 Å². The molecule has 1 atom stereocenters. The molecule has 0 aliphatic rings. The second-order valence-electron chi connectivity index (χ2n) is 3.25. The minimum atomic E-state index is -4.10. The van der Waals surface area contributed by atoms with Gasteiger partial charge in [0.25, 0.3) is 10.1 Å². The minimum absolute atomic E-state index is 0.317. The normalized spacial score (nSPS) is 13.7. The van der Waals surface area contributed by atoms with Gasteiger partial charge >= 0.3 is 0 Å². The first-order valence-electron chi connectivity index (χ1n) is 4.60. The Morgan fingerprint density at radius 2 is 2.33 bits per heavy atom. The molecule has 84 valence electrons. The maximum Gasteiger partial charge on any atom is 0.273 e. The Bertz CT molecular complexity index is 422. The van der Waals surface area contributed by atoms with Crippen LogP contribution in [0.4, 0.5) is 0 Å². The average Bonchev–Trinajstić information content (AvgIpc) is 2.63. The van der Waals surface area contributed by atoms with Crippen LogP contribution >= 0.6 is 0 Å². The van der Waals surface area contributed by atoms with E-state index >= 15 is 0 Å². The third-order valence-corrected chi connectivity index (χ3v) is 3.34. The zero-order valence-corrected chi connectivity index (χ0v) is 9.31. The summed E-state index contributed by atoms with van der Waals surface area (Å²) in [5, 5.41) is -0.961. The first-order valence-corrected chi connectivity index (χ1v) is 6.10. The molecule has 0 saturated heterocycles. The molecule has 0 bridgehead atoms. The number of hydrogen-bond donors (Lipinski definition) is 1. The van der Waals surface area contributed by atoms with E-state index in [0.717, 1.165) is 0 Å². The van der Waals surface area contributed by atoms with Gasteiger partial charge in [0.15, 0.2) is 0 Å². The number of imidazole rings is 1. The van der Waals surface area contributed by atoms with Crippen molar-refractivity contribution in [3.05, 3.63) is 25.3 Å². The van der Waals surface area contributed by atoms with Gasteiger partial charge in [-0.05, 0) is 6.42 Å². The summed E-state index contributed by atoms with van der Waals surface area (Å²) in [7, 11) is -4.10. The van der Waals surface area contributed by atoms with E-state index < -0.39 is 15.4 Å². The molecule has 0 fully saturated rings. The van der Waals surface area contributed by atoms with Crippen molar-refractivity contribution in [1.29, 1.82) is 0 Å². The molecule has 15 heavy (non-hydrogen) atoms. The van der Waals surface area contributed by atoms with Gasteiger partial charge in [0, 0.05) is 18.1 Å². The van der Waals surface area contributed by atoms with Crippen LogP contribution in [0, 0.1) is 0 Å². The minimum Gasteiger partial charge on any atom is -0.309 e. The van der Waals surface area contributed by atoms with Crippen LogP contribution in [-0.4, -0.2) is 27.8 Å². The van der Waals surface area contributed by atoms with E-state index in [1.54, 1.807) is 6.20 Å². The standard InChI is InChI=1S/C9H14N2O3S/c1-3-4-9(15(12,13)14)8(2)11-6-5-10-7-11/h5-7,9H,2-4H2,1H3,(H,12,13,14). The third kappa shape index (κ3) is 2.90. The average molecular weight is 230 g/mol. The van der Waals surface area contributed by atoms with Crippen LogP contribution in [0.2, 0.25) is 0 Å². The fourth-order valence-corrected chi connectivity index (χ4v) is 2.34. The lowest BCUT2D eigenvalue weighted by Crippen LogP contribution is -2.23. The van der Waals surface area contributed by atoms with Crippen molar-refractivity contribution < 1.29 is 13.0 Å². The van der Waals surface area contributed by atoms with Crippen LogP contribution < -0.4 is 0 Å². The maximum absolute atomic E-state index is 11.1. The molecule has 1 N–H and O–H groups in total. The van der Waals surface area contributed by atoms with E-state index in [4.69, 9.17) is 4.55 Å². The van der Waals surface area contributed by atoms with E-state index in [1.165, 1.54) is 17.1 Å². The highest BCUT2D eigenvalue weighted by Gasteiger charge is 2.25. The highest BCUT2D eigenvalue weighted by molar-refractivity contribution is 7.86. The Hall–Kier alpha value is -1.14. The topological polar surface area (TPSA) is 72.2 Å². The Morgan fingerprint density at radius 1 is 1.67 bits per heavy atom. The lowest BCUT2D eigenvalue weighted by molar-refractivity contribution is 0.471. The van der Waals surface area contributed by atoms with E-state index in [2.05, 4.69) is 11.6 Å². The molecule has 6 heteroatoms. The molecule has 0 radical (unpaired) electrons. The van der Waals surface area contributed by atoms with Gasteiger partial charge in [-0.3, -0.25) is 4.55 Å². The van der Waals surface area contributed by atoms with Gasteiger partial charge in [-0.2, -0.15) is 8.42 Å². The Balaban J connectivity index is 2.96. The van der Waals surface area contributed by atoms with E-state index in [1.807, 2.05) is 6.92 Å². The molecule has 1 rings (SSSR count). The highest BCUT2D eigenvalue weighted by Crippen LogP contribution is 2.19. The molecule has 0 amide bonds. The quantitative estimate of drug-likeness (QED) is 0.776. The van der Waals surface area contributed by atoms with Crippen LogP contribution in [0.5, 0.6) is 0 Å². The molecule has 0 aromatic carbocycles. The van der Waals surface area contributed by atoms with Crippen LogP contribution in [0.3, 0.4) is 0 Å². The molecule has 0 spiro atoms. The fraction of sp³-hybridized carbons (Fsp3) is 0.444. The first-order chi connectivity index (χ1) is 6.96. The summed E-state index contributed by atoms with van der Waals surface area (Å²) >= 11 is 0. The maximum atomic E-state index is 11.1. The smallest absolute Gasteiger partial charge is 0.273 e. The van der Waals surface area contributed by atoms with Gasteiger partial charge < -0.3 is 4.57 Å². The van der Waals surface area contributed by atoms with Crippen LogP contribution in [0.15, 0.2) is 25.3 Å². The van der Waals surface area contributed by atoms with Crippen molar-refractivity contribution in [2.75, 3.05) is 0 Å². The summed E-state index contributed by atoms with van der Waals surface area (Å²) in [5.41, 5.74) is 0.317. The Morgan fingerprint density at radius 3 is 2.73 bits per heavy atom. The molecule has 0 aliphatic carbocycles. The zero-order chi connectivity index (χ0) is 11.5. The van der Waals surface area contributed by atoms with Crippen LogP contribution in [-0.2, 0) is 10.1 Å². The van der Waals surface area contributed by atoms with Gasteiger partial charge in [-0.1, -0.05) is 19.9 Å². The molecule has 1 aromatic heterocycles. The summed E-state index contributed by atoms with van der Waals surface area (Å²) in [4.78, 5) is 3.79. The predicted octanol–water partition coefficient (Wildman–Crippen LogP) is 1.41. The number of aromatic nitrogens is 2. The van der Waals surface area contributed by atoms with Crippen molar-refractivity contribution in [3.63, 3.8) is 0 Å². The molecule has 1 unspecified atom stereocenters. The van der Waals surface area contributed by atoms with Gasteiger partial charge in [0.1, 0.15) is 5.25 Å². The van der Waals surface area contributed by atoms with E-state index in [9.17, 15) is 8.42 Å². The first kappa shape index (κ1) is 11.9. The van der Waals surface area contributed by atoms with Gasteiger partial charge in [-0.15, -0.1) is 0 Å². The largest absolute Gasteiger partial charge is 0.309 e. The van der Waals surface area contributed by atoms with Crippen molar-refractivity contribution in [2.24, 2.45) is 0 Å². The lowest BCUT2D eigenvalue weighted by Gasteiger charge is -2.16. The van der Waals surface area contributed by atoms with E-state index in [0.29, 0.717) is 18.5 Å². The Labute approximate surface area is 89.2 Å². The molecule has 1 aromatic rings. The summed E-state index contributed by atoms with van der Waals surface area (Å²) in [6, 6.07) is 0. The summed E-state index contributed by atoms with van der Waals surface area (Å²) in [5.74, 6) is 0. The SMILES string of the molecule is C=C(C(CCC)S(=O)(=O)O)n1ccnc1. The molecule has 0 saturated carbocycles. The van der Waals surface area contributed by atoms with Gasteiger partial charge in [0.05, 0.1) is 6.33 Å². The molecular formula is C9H14N2O3S. The monoisotopic (exact) mass is 230 g/mol. The molecule has 1 heterocycles. The number of nitrogens with zero attached hydrogens (tertiary/aromatic N) is 2. The summed E-state index contributed by atoms with van der Waals surface area (Å²) in [6.07, 6.45) is 5.57. The van der Waals surface area contributed by atoms with Crippen molar-refractivity contribution in [3.8, 4) is 0 Å². The van der Waals surface area contributed by atoms with Crippen molar-refractivity contribution in [1.82, 2.24) is 9.55 Å². The highest BCUT2D eigenvalue weighted by atomic mass is 32.2. The van der Waals surface area contributed by atoms with Crippen molar-refractivity contribution >= 4 is 15.8 Å². The van der Waals surface area contributed by atoms with Gasteiger partial charge in [-0.25, -0.2) is 4.98 Å². The fourth-order valence-electron chi connectivity index (χ4n) is 1.34. The van der Waals surface area contributed by atoms with E-state index in [-0.39, 0.29) is 0 Å². The number of hydrogen-bond acceptors (Lipinski definition) is 3. The predicted molar refractivity (Wildman–Crippen MR) is 57.8 cm³/mol. The Kier molecular flexibility index (Phi) is 3.65.